The molecule has 26 heavy (non-hydrogen) atoms. The molecule has 4 aromatic rings. The topological polar surface area (TPSA) is 52.8 Å². The van der Waals surface area contributed by atoms with E-state index in [0.29, 0.717) is 0 Å². The normalized spacial score (nSPS) is 10.8. The lowest BCUT2D eigenvalue weighted by molar-refractivity contribution is 0.415. The Labute approximate surface area is 159 Å². The lowest BCUT2D eigenvalue weighted by atomic mass is 10.2. The minimum Gasteiger partial charge on any atom is -0.497 e. The van der Waals surface area contributed by atoms with E-state index in [1.165, 1.54) is 0 Å². The summed E-state index contributed by atoms with van der Waals surface area (Å²) < 4.78 is 6.98. The van der Waals surface area contributed by atoms with Crippen LogP contribution in [0.4, 0.5) is 0 Å². The third kappa shape index (κ3) is 3.79. The van der Waals surface area contributed by atoms with E-state index >= 15 is 0 Å². The summed E-state index contributed by atoms with van der Waals surface area (Å²) in [7, 11) is 1.67. The van der Waals surface area contributed by atoms with Gasteiger partial charge >= 0.3 is 0 Å². The predicted octanol–water partition coefficient (Wildman–Crippen LogP) is 4.69. The molecular weight excluding hydrogens is 364 g/mol. The summed E-state index contributed by atoms with van der Waals surface area (Å²) >= 11 is 3.23. The van der Waals surface area contributed by atoms with Crippen molar-refractivity contribution in [1.29, 1.82) is 0 Å². The van der Waals surface area contributed by atoms with Gasteiger partial charge < -0.3 is 4.74 Å². The van der Waals surface area contributed by atoms with E-state index in [0.717, 1.165) is 38.6 Å². The number of thioether (sulfide) groups is 1. The fourth-order valence-corrected chi connectivity index (χ4v) is 4.02. The Kier molecular flexibility index (Phi) is 4.99. The molecule has 0 unspecified atom stereocenters. The highest BCUT2D eigenvalue weighted by atomic mass is 32.2. The van der Waals surface area contributed by atoms with Gasteiger partial charge in [-0.3, -0.25) is 0 Å². The number of hydrogen-bond donors (Lipinski definition) is 0. The molecule has 0 aliphatic rings. The SMILES string of the molecule is COc1ccc(-c2nc(CSc3ncn(-c4ccccc4)n3)cs2)cc1. The van der Waals surface area contributed by atoms with Crippen LogP contribution in [0.3, 0.4) is 0 Å². The minimum absolute atomic E-state index is 0.742. The highest BCUT2D eigenvalue weighted by Gasteiger charge is 2.08. The first-order valence-corrected chi connectivity index (χ1v) is 9.87. The molecule has 0 saturated heterocycles. The lowest BCUT2D eigenvalue weighted by Crippen LogP contribution is -1.93. The molecule has 0 aliphatic carbocycles. The Balaban J connectivity index is 1.41. The van der Waals surface area contributed by atoms with Crippen LogP contribution >= 0.6 is 23.1 Å². The molecule has 4 rings (SSSR count). The number of rotatable bonds is 6. The van der Waals surface area contributed by atoms with Crippen LogP contribution < -0.4 is 4.74 Å². The molecule has 5 nitrogen and oxygen atoms in total. The van der Waals surface area contributed by atoms with Crippen LogP contribution in [0.1, 0.15) is 5.69 Å². The van der Waals surface area contributed by atoms with Gasteiger partial charge in [0.2, 0.25) is 5.16 Å². The third-order valence-corrected chi connectivity index (χ3v) is 5.55. The van der Waals surface area contributed by atoms with Gasteiger partial charge in [0.15, 0.2) is 0 Å². The van der Waals surface area contributed by atoms with Crippen molar-refractivity contribution in [2.24, 2.45) is 0 Å². The molecule has 130 valence electrons. The smallest absolute Gasteiger partial charge is 0.209 e. The molecule has 0 atom stereocenters. The van der Waals surface area contributed by atoms with Gasteiger partial charge in [0, 0.05) is 16.7 Å². The molecule has 0 spiro atoms. The number of methoxy groups -OCH3 is 1. The number of benzene rings is 2. The van der Waals surface area contributed by atoms with Gasteiger partial charge in [0.05, 0.1) is 18.5 Å². The van der Waals surface area contributed by atoms with Crippen LogP contribution in [0.15, 0.2) is 71.5 Å². The standard InChI is InChI=1S/C19H16N4OS2/c1-24-17-9-7-14(8-10-17)18-21-15(11-25-18)12-26-19-20-13-23(22-19)16-5-3-2-4-6-16/h2-11,13H,12H2,1H3. The maximum atomic E-state index is 5.20. The number of hydrogen-bond acceptors (Lipinski definition) is 6. The average Bonchev–Trinajstić information content (AvgIpc) is 3.37. The molecule has 0 saturated carbocycles. The summed E-state index contributed by atoms with van der Waals surface area (Å²) in [5.41, 5.74) is 3.13. The van der Waals surface area contributed by atoms with Crippen LogP contribution in [0.25, 0.3) is 16.3 Å². The number of para-hydroxylation sites is 1. The van der Waals surface area contributed by atoms with Crippen molar-refractivity contribution in [3.63, 3.8) is 0 Å². The maximum Gasteiger partial charge on any atom is 0.209 e. The molecule has 0 fully saturated rings. The van der Waals surface area contributed by atoms with E-state index in [9.17, 15) is 0 Å². The Bertz CT molecular complexity index is 980. The second-order valence-corrected chi connectivity index (χ2v) is 7.27. The summed E-state index contributed by atoms with van der Waals surface area (Å²) in [6.45, 7) is 0. The first-order valence-electron chi connectivity index (χ1n) is 8.00. The van der Waals surface area contributed by atoms with Crippen LogP contribution in [-0.2, 0) is 5.75 Å². The monoisotopic (exact) mass is 380 g/mol. The van der Waals surface area contributed by atoms with Gasteiger partial charge in [-0.1, -0.05) is 30.0 Å². The van der Waals surface area contributed by atoms with Crippen molar-refractivity contribution >= 4 is 23.1 Å². The summed E-state index contributed by atoms with van der Waals surface area (Å²) in [4.78, 5) is 9.08. The second-order valence-electron chi connectivity index (χ2n) is 5.47. The van der Waals surface area contributed by atoms with Gasteiger partial charge in [-0.05, 0) is 36.4 Å². The highest BCUT2D eigenvalue weighted by Crippen LogP contribution is 2.28. The summed E-state index contributed by atoms with van der Waals surface area (Å²) in [6, 6.07) is 17.9. The van der Waals surface area contributed by atoms with Gasteiger partial charge in [-0.15, -0.1) is 16.4 Å². The predicted molar refractivity (Wildman–Crippen MR) is 105 cm³/mol. The molecule has 2 heterocycles. The Hall–Kier alpha value is -2.64. The molecule has 0 bridgehead atoms. The number of nitrogens with zero attached hydrogens (tertiary/aromatic N) is 4. The Morgan fingerprint density at radius 2 is 1.88 bits per heavy atom. The van der Waals surface area contributed by atoms with Crippen LogP contribution in [0.2, 0.25) is 0 Å². The fourth-order valence-electron chi connectivity index (χ4n) is 2.40. The summed E-state index contributed by atoms with van der Waals surface area (Å²) in [5.74, 6) is 1.59. The van der Waals surface area contributed by atoms with Crippen molar-refractivity contribution < 1.29 is 4.74 Å². The number of aromatic nitrogens is 4. The summed E-state index contributed by atoms with van der Waals surface area (Å²) in [5, 5.41) is 8.34. The zero-order valence-electron chi connectivity index (χ0n) is 14.1. The third-order valence-electron chi connectivity index (χ3n) is 3.73. The summed E-state index contributed by atoms with van der Waals surface area (Å²) in [6.07, 6.45) is 1.74. The van der Waals surface area contributed by atoms with Gasteiger partial charge in [-0.25, -0.2) is 14.6 Å². The maximum absolute atomic E-state index is 5.20. The van der Waals surface area contributed by atoms with Crippen molar-refractivity contribution in [3.05, 3.63) is 72.0 Å². The highest BCUT2D eigenvalue weighted by molar-refractivity contribution is 7.98. The molecule has 2 aromatic heterocycles. The first-order chi connectivity index (χ1) is 12.8. The van der Waals surface area contributed by atoms with Crippen LogP contribution in [0.5, 0.6) is 5.75 Å². The molecule has 0 N–H and O–H groups in total. The largest absolute Gasteiger partial charge is 0.497 e. The van der Waals surface area contributed by atoms with Crippen molar-refractivity contribution in [2.45, 2.75) is 10.9 Å². The van der Waals surface area contributed by atoms with E-state index in [1.807, 2.05) is 54.6 Å². The van der Waals surface area contributed by atoms with Gasteiger partial charge in [0.1, 0.15) is 17.1 Å². The second kappa shape index (κ2) is 7.72. The van der Waals surface area contributed by atoms with Gasteiger partial charge in [-0.2, -0.15) is 0 Å². The zero-order valence-corrected chi connectivity index (χ0v) is 15.7. The molecular formula is C19H16N4OS2. The Morgan fingerprint density at radius 1 is 1.08 bits per heavy atom. The molecule has 2 aromatic carbocycles. The van der Waals surface area contributed by atoms with Gasteiger partial charge in [0.25, 0.3) is 0 Å². The van der Waals surface area contributed by atoms with Crippen molar-refractivity contribution in [2.75, 3.05) is 7.11 Å². The molecule has 0 radical (unpaired) electrons. The fraction of sp³-hybridized carbons (Fsp3) is 0.105. The van der Waals surface area contributed by atoms with E-state index in [4.69, 9.17) is 9.72 Å². The van der Waals surface area contributed by atoms with Crippen molar-refractivity contribution in [1.82, 2.24) is 19.7 Å². The average molecular weight is 380 g/mol. The first kappa shape index (κ1) is 16.8. The Morgan fingerprint density at radius 3 is 2.65 bits per heavy atom. The van der Waals surface area contributed by atoms with E-state index in [2.05, 4.69) is 15.5 Å². The molecule has 0 amide bonds. The van der Waals surface area contributed by atoms with E-state index in [-0.39, 0.29) is 0 Å². The van der Waals surface area contributed by atoms with Crippen molar-refractivity contribution in [3.8, 4) is 22.0 Å². The van der Waals surface area contributed by atoms with E-state index in [1.54, 1.807) is 41.2 Å². The van der Waals surface area contributed by atoms with E-state index < -0.39 is 0 Å². The molecule has 0 aliphatic heterocycles. The quantitative estimate of drug-likeness (QED) is 0.454. The van der Waals surface area contributed by atoms with Crippen LogP contribution in [0, 0.1) is 0 Å². The lowest BCUT2D eigenvalue weighted by Gasteiger charge is -2.00. The number of ether oxygens (including phenoxy) is 1. The minimum atomic E-state index is 0.742. The zero-order chi connectivity index (χ0) is 17.8. The van der Waals surface area contributed by atoms with Crippen LogP contribution in [-0.4, -0.2) is 26.9 Å². The number of thiazole rings is 1. The molecule has 7 heteroatoms.